The minimum absolute atomic E-state index is 0.0351. The molecule has 0 heterocycles. The molecule has 0 radical (unpaired) electrons. The Hall–Kier alpha value is -7.43. The first-order chi connectivity index (χ1) is 35.3. The first-order valence-electron chi connectivity index (χ1n) is 25.2. The summed E-state index contributed by atoms with van der Waals surface area (Å²) in [6.45, 7) is 33.3. The zero-order chi connectivity index (χ0) is 60.1. The molecule has 0 aliphatic carbocycles. The van der Waals surface area contributed by atoms with Gasteiger partial charge in [0.05, 0.1) is 17.3 Å². The Kier molecular flexibility index (Phi) is 31.9. The summed E-state index contributed by atoms with van der Waals surface area (Å²) in [7, 11) is 0. The largest absolute Gasteiger partial charge is 0.506 e. The lowest BCUT2D eigenvalue weighted by Crippen LogP contribution is -2.42. The number of nitrogen functional groups attached to an aromatic ring is 1. The summed E-state index contributed by atoms with van der Waals surface area (Å²) in [6, 6.07) is 18.1. The van der Waals surface area contributed by atoms with Gasteiger partial charge in [-0.1, -0.05) is 112 Å². The Morgan fingerprint density at radius 2 is 0.961 bits per heavy atom. The highest BCUT2D eigenvalue weighted by Crippen LogP contribution is 2.32. The van der Waals surface area contributed by atoms with Crippen LogP contribution in [0, 0.1) is 28.6 Å². The highest BCUT2D eigenvalue weighted by atomic mass is 16.6. The molecule has 20 heteroatoms. The fourth-order valence-electron chi connectivity index (χ4n) is 6.25. The van der Waals surface area contributed by atoms with Crippen molar-refractivity contribution in [3.63, 3.8) is 0 Å². The number of phenolic OH excluding ortho intramolecular Hbond substituents is 2. The number of phenols is 2. The SMILES string of the molecule is CC(C)C(=O)O.CC(C[C@H](Cc1ccc(O)c(N)c1)NC(=O)OC(C)(C)C)C(C)(C)C.CC(NC(=O)OCc1ccccc1)C(=O)Nc1cc(C[C@@H](CC(C)C(C)(C)C)NC(=O)OC(C)(C)C)ccc1O.O=C=O.O=C=O. The molecule has 77 heavy (non-hydrogen) atoms. The maximum Gasteiger partial charge on any atom is 0.408 e. The van der Waals surface area contributed by atoms with E-state index in [2.05, 4.69) is 76.7 Å². The zero-order valence-corrected chi connectivity index (χ0v) is 48.2. The van der Waals surface area contributed by atoms with E-state index in [-0.39, 0.29) is 70.8 Å². The van der Waals surface area contributed by atoms with Crippen LogP contribution in [0.1, 0.15) is 147 Å². The topological polar surface area (TPSA) is 316 Å². The number of carboxylic acid groups (broad SMARTS) is 1. The monoisotopic (exact) mass is 1080 g/mol. The number of ether oxygens (including phenoxy) is 3. The number of carboxylic acids is 1. The summed E-state index contributed by atoms with van der Waals surface area (Å²) in [5.74, 6) is -0.841. The molecule has 3 unspecified atom stereocenters. The lowest BCUT2D eigenvalue weighted by atomic mass is 9.78. The van der Waals surface area contributed by atoms with Crippen molar-refractivity contribution in [1.82, 2.24) is 16.0 Å². The molecular weight excluding hydrogens is 995 g/mol. The highest BCUT2D eigenvalue weighted by Gasteiger charge is 2.29. The number of aliphatic carboxylic acids is 1. The van der Waals surface area contributed by atoms with Gasteiger partial charge in [0, 0.05) is 12.1 Å². The van der Waals surface area contributed by atoms with E-state index >= 15 is 0 Å². The maximum atomic E-state index is 12.8. The van der Waals surface area contributed by atoms with Crippen molar-refractivity contribution < 1.29 is 72.7 Å². The number of carbonyl (C=O) groups is 5. The summed E-state index contributed by atoms with van der Waals surface area (Å²) < 4.78 is 16.1. The van der Waals surface area contributed by atoms with E-state index in [1.54, 1.807) is 38.1 Å². The third-order valence-electron chi connectivity index (χ3n) is 11.5. The number of amides is 4. The average molecular weight is 1080 g/mol. The Morgan fingerprint density at radius 1 is 0.571 bits per heavy atom. The molecule has 20 nitrogen and oxygen atoms in total. The van der Waals surface area contributed by atoms with Crippen LogP contribution in [0.3, 0.4) is 0 Å². The molecule has 0 spiro atoms. The molecule has 3 aromatic carbocycles. The van der Waals surface area contributed by atoms with Crippen molar-refractivity contribution in [1.29, 1.82) is 0 Å². The first-order valence-corrected chi connectivity index (χ1v) is 25.2. The smallest absolute Gasteiger partial charge is 0.408 e. The molecule has 9 N–H and O–H groups in total. The standard InChI is InChI=1S/C31H45N3O6.C20H34N2O3.C4H8O2.2CO2/c1-20(30(3,4)5)16-24(33-29(38)40-31(6,7)8)17-23-14-15-26(35)25(18-23)34-27(36)21(2)32-28(37)39-19-22-12-10-9-11-13-22;1-13(19(2,3)4)10-15(22-18(24)25-20(5,6)7)11-14-8-9-17(23)16(21)12-14;1-3(2)4(5)6;2*2-1-3/h9-15,18,20-21,24,35H,16-17,19H2,1-8H3,(H,32,37)(H,33,38)(H,34,36);8-9,12-13,15,23H,10-11,21H2,1-7H3,(H,22,24);3H,1-2H3,(H,5,6);;/t20?,21?,24-;13?,15-;;;/m11.../s1. The van der Waals surface area contributed by atoms with Crippen LogP contribution >= 0.6 is 0 Å². The van der Waals surface area contributed by atoms with E-state index in [0.29, 0.717) is 30.9 Å². The third kappa shape index (κ3) is 34.7. The van der Waals surface area contributed by atoms with E-state index in [0.717, 1.165) is 23.1 Å². The number of rotatable bonds is 16. The highest BCUT2D eigenvalue weighted by molar-refractivity contribution is 5.97. The molecule has 3 aromatic rings. The number of nitrogens with one attached hydrogen (secondary N) is 4. The van der Waals surface area contributed by atoms with E-state index in [1.165, 1.54) is 13.0 Å². The van der Waals surface area contributed by atoms with E-state index in [4.69, 9.17) is 44.2 Å². The Morgan fingerprint density at radius 3 is 1.32 bits per heavy atom. The van der Waals surface area contributed by atoms with Gasteiger partial charge in [-0.05, 0) is 138 Å². The van der Waals surface area contributed by atoms with Gasteiger partial charge in [-0.15, -0.1) is 0 Å². The van der Waals surface area contributed by atoms with Crippen molar-refractivity contribution in [2.75, 3.05) is 11.1 Å². The fourth-order valence-corrected chi connectivity index (χ4v) is 6.25. The third-order valence-corrected chi connectivity index (χ3v) is 11.5. The van der Waals surface area contributed by atoms with Crippen LogP contribution in [-0.2, 0) is 62.4 Å². The number of aromatic hydroxyl groups is 2. The Bertz CT molecular complexity index is 2340. The van der Waals surface area contributed by atoms with Crippen LogP contribution in [-0.4, -0.2) is 87.1 Å². The van der Waals surface area contributed by atoms with Crippen LogP contribution in [0.15, 0.2) is 66.7 Å². The molecule has 4 amide bonds. The van der Waals surface area contributed by atoms with Crippen molar-refractivity contribution in [3.8, 4) is 11.5 Å². The van der Waals surface area contributed by atoms with Gasteiger partial charge in [-0.25, -0.2) is 14.4 Å². The molecule has 0 saturated carbocycles. The van der Waals surface area contributed by atoms with Crippen molar-refractivity contribution in [2.45, 2.75) is 179 Å². The summed E-state index contributed by atoms with van der Waals surface area (Å²) in [5, 5.41) is 39.1. The van der Waals surface area contributed by atoms with Crippen LogP contribution in [0.4, 0.5) is 25.8 Å². The number of alkyl carbamates (subject to hydrolysis) is 3. The molecule has 0 aromatic heterocycles. The van der Waals surface area contributed by atoms with Crippen molar-refractivity contribution >= 4 is 53.8 Å². The second kappa shape index (κ2) is 34.3. The van der Waals surface area contributed by atoms with Crippen LogP contribution in [0.5, 0.6) is 11.5 Å². The molecule has 0 aliphatic heterocycles. The van der Waals surface area contributed by atoms with Crippen LogP contribution in [0.25, 0.3) is 0 Å². The number of benzene rings is 3. The van der Waals surface area contributed by atoms with Crippen molar-refractivity contribution in [3.05, 3.63) is 83.4 Å². The zero-order valence-electron chi connectivity index (χ0n) is 48.2. The van der Waals surface area contributed by atoms with Gasteiger partial charge < -0.3 is 56.5 Å². The predicted molar refractivity (Wildman–Crippen MR) is 291 cm³/mol. The number of hydrogen-bond acceptors (Lipinski definition) is 15. The number of hydrogen-bond donors (Lipinski definition) is 8. The molecule has 430 valence electrons. The molecule has 3 rings (SSSR count). The van der Waals surface area contributed by atoms with E-state index < -0.39 is 47.4 Å². The van der Waals surface area contributed by atoms with Gasteiger partial charge in [0.1, 0.15) is 35.3 Å². The maximum absolute atomic E-state index is 12.8. The van der Waals surface area contributed by atoms with Gasteiger partial charge in [-0.2, -0.15) is 19.2 Å². The minimum atomic E-state index is -0.916. The van der Waals surface area contributed by atoms with Gasteiger partial charge in [0.15, 0.2) is 0 Å². The summed E-state index contributed by atoms with van der Waals surface area (Å²) in [6.07, 6.45) is 1.48. The lowest BCUT2D eigenvalue weighted by Gasteiger charge is -2.32. The molecular formula is C57H87N5O15. The van der Waals surface area contributed by atoms with Gasteiger partial charge in [0.25, 0.3) is 0 Å². The van der Waals surface area contributed by atoms with Crippen LogP contribution in [0.2, 0.25) is 0 Å². The van der Waals surface area contributed by atoms with E-state index in [1.807, 2.05) is 77.9 Å². The molecule has 0 aliphatic rings. The molecule has 0 bridgehead atoms. The predicted octanol–water partition coefficient (Wildman–Crippen LogP) is 10.2. The second-order valence-corrected chi connectivity index (χ2v) is 22.9. The number of carbonyl (C=O) groups excluding carboxylic acids is 8. The molecule has 0 saturated heterocycles. The van der Waals surface area contributed by atoms with Gasteiger partial charge >= 0.3 is 36.6 Å². The quantitative estimate of drug-likeness (QED) is 0.0376. The molecule has 5 atom stereocenters. The first kappa shape index (κ1) is 71.6. The van der Waals surface area contributed by atoms with Crippen LogP contribution < -0.4 is 27.0 Å². The Labute approximate surface area is 455 Å². The summed E-state index contributed by atoms with van der Waals surface area (Å²) in [5.41, 5.74) is 7.95. The number of nitrogens with two attached hydrogens (primary N) is 1. The lowest BCUT2D eigenvalue weighted by molar-refractivity contribution is -0.193. The average Bonchev–Trinajstić information content (AvgIpc) is 3.27. The fraction of sp³-hybridized carbons (Fsp3) is 0.561. The second-order valence-electron chi connectivity index (χ2n) is 22.9. The molecule has 0 fully saturated rings. The Balaban J connectivity index is 0. The number of anilines is 2. The summed E-state index contributed by atoms with van der Waals surface area (Å²) in [4.78, 5) is 91.9. The summed E-state index contributed by atoms with van der Waals surface area (Å²) >= 11 is 0. The minimum Gasteiger partial charge on any atom is -0.506 e. The van der Waals surface area contributed by atoms with Crippen molar-refractivity contribution in [2.24, 2.45) is 28.6 Å². The normalized spacial score (nSPS) is 12.9. The van der Waals surface area contributed by atoms with E-state index in [9.17, 15) is 34.2 Å². The van der Waals surface area contributed by atoms with Gasteiger partial charge in [-0.3, -0.25) is 9.59 Å². The van der Waals surface area contributed by atoms with Gasteiger partial charge in [0.2, 0.25) is 5.91 Å².